The van der Waals surface area contributed by atoms with E-state index in [0.29, 0.717) is 6.61 Å². The highest BCUT2D eigenvalue weighted by Gasteiger charge is 2.17. The Labute approximate surface area is 112 Å². The van der Waals surface area contributed by atoms with Crippen LogP contribution in [0, 0.1) is 0 Å². The lowest BCUT2D eigenvalue weighted by Gasteiger charge is -2.12. The summed E-state index contributed by atoms with van der Waals surface area (Å²) in [7, 11) is 0. The van der Waals surface area contributed by atoms with Crippen molar-refractivity contribution in [1.29, 1.82) is 0 Å². The first kappa shape index (κ1) is 11.7. The van der Waals surface area contributed by atoms with Gasteiger partial charge < -0.3 is 10.5 Å². The Kier molecular flexibility index (Phi) is 3.14. The fourth-order valence-electron chi connectivity index (χ4n) is 2.41. The van der Waals surface area contributed by atoms with Gasteiger partial charge in [-0.3, -0.25) is 9.97 Å². The molecule has 96 valence electrons. The van der Waals surface area contributed by atoms with Gasteiger partial charge in [0.15, 0.2) is 0 Å². The fourth-order valence-corrected chi connectivity index (χ4v) is 2.41. The molecule has 0 atom stereocenters. The van der Waals surface area contributed by atoms with Gasteiger partial charge in [-0.1, -0.05) is 18.2 Å². The van der Waals surface area contributed by atoms with Crippen molar-refractivity contribution < 1.29 is 4.74 Å². The number of nitrogens with zero attached hydrogens (tertiary/aromatic N) is 2. The van der Waals surface area contributed by atoms with Crippen molar-refractivity contribution in [3.8, 4) is 11.3 Å². The summed E-state index contributed by atoms with van der Waals surface area (Å²) in [6, 6.07) is 6.11. The van der Waals surface area contributed by atoms with Crippen molar-refractivity contribution in [1.82, 2.24) is 9.97 Å². The zero-order chi connectivity index (χ0) is 13.1. The van der Waals surface area contributed by atoms with Gasteiger partial charge in [-0.05, 0) is 18.4 Å². The van der Waals surface area contributed by atoms with Crippen molar-refractivity contribution >= 4 is 5.76 Å². The fraction of sp³-hybridized carbons (Fsp3) is 0.200. The lowest BCUT2D eigenvalue weighted by atomic mass is 9.95. The zero-order valence-electron chi connectivity index (χ0n) is 10.5. The van der Waals surface area contributed by atoms with Gasteiger partial charge in [0, 0.05) is 29.7 Å². The van der Waals surface area contributed by atoms with Crippen LogP contribution in [0.3, 0.4) is 0 Å². The molecule has 19 heavy (non-hydrogen) atoms. The number of nitrogens with two attached hydrogens (primary N) is 1. The average Bonchev–Trinajstić information content (AvgIpc) is 2.69. The molecule has 4 nitrogen and oxygen atoms in total. The molecule has 1 aromatic carbocycles. The average molecular weight is 253 g/mol. The second kappa shape index (κ2) is 5.10. The van der Waals surface area contributed by atoms with Gasteiger partial charge in [-0.2, -0.15) is 0 Å². The Balaban J connectivity index is 2.18. The van der Waals surface area contributed by atoms with Gasteiger partial charge in [0.25, 0.3) is 0 Å². The summed E-state index contributed by atoms with van der Waals surface area (Å²) < 4.78 is 5.67. The predicted octanol–water partition coefficient (Wildman–Crippen LogP) is 2.36. The van der Waals surface area contributed by atoms with Crippen LogP contribution in [-0.2, 0) is 11.2 Å². The summed E-state index contributed by atoms with van der Waals surface area (Å²) in [4.78, 5) is 8.52. The Morgan fingerprint density at radius 3 is 2.89 bits per heavy atom. The van der Waals surface area contributed by atoms with Crippen molar-refractivity contribution in [2.24, 2.45) is 5.73 Å². The molecule has 3 rings (SSSR count). The second-order valence-electron chi connectivity index (χ2n) is 4.41. The summed E-state index contributed by atoms with van der Waals surface area (Å²) >= 11 is 0. The number of rotatable bonds is 1. The van der Waals surface area contributed by atoms with Crippen LogP contribution in [0.25, 0.3) is 17.0 Å². The molecule has 2 N–H and O–H groups in total. The number of ether oxygens (including phenoxy) is 1. The molecule has 4 heteroatoms. The maximum Gasteiger partial charge on any atom is 0.142 e. The van der Waals surface area contributed by atoms with E-state index in [1.54, 1.807) is 18.6 Å². The summed E-state index contributed by atoms with van der Waals surface area (Å²) in [5, 5.41) is 0. The molecule has 2 aromatic rings. The standard InChI is InChI=1S/C15H15N3O/c16-9-15-13-4-1-3-12(11(13)5-2-8-19-15)14-10-17-6-7-18-14/h1,3-4,6-7,9-10H,2,5,8,16H2/b15-9-. The number of benzene rings is 1. The van der Waals surface area contributed by atoms with Gasteiger partial charge in [0.1, 0.15) is 5.76 Å². The Bertz CT molecular complexity index is 608. The largest absolute Gasteiger partial charge is 0.491 e. The second-order valence-corrected chi connectivity index (χ2v) is 4.41. The normalized spacial score (nSPS) is 16.5. The van der Waals surface area contributed by atoms with Crippen LogP contribution in [0.5, 0.6) is 0 Å². The number of hydrogen-bond acceptors (Lipinski definition) is 4. The van der Waals surface area contributed by atoms with Crippen molar-refractivity contribution in [2.75, 3.05) is 6.61 Å². The molecule has 0 unspecified atom stereocenters. The third kappa shape index (κ3) is 2.17. The first-order chi connectivity index (χ1) is 9.40. The minimum absolute atomic E-state index is 0.692. The summed E-state index contributed by atoms with van der Waals surface area (Å²) in [6.07, 6.45) is 8.64. The highest BCUT2D eigenvalue weighted by Crippen LogP contribution is 2.32. The number of aromatic nitrogens is 2. The van der Waals surface area contributed by atoms with Crippen LogP contribution in [-0.4, -0.2) is 16.6 Å². The van der Waals surface area contributed by atoms with E-state index < -0.39 is 0 Å². The molecular weight excluding hydrogens is 238 g/mol. The van der Waals surface area contributed by atoms with E-state index in [0.717, 1.165) is 35.4 Å². The molecule has 1 aromatic heterocycles. The molecule has 0 fully saturated rings. The smallest absolute Gasteiger partial charge is 0.142 e. The first-order valence-electron chi connectivity index (χ1n) is 6.33. The van der Waals surface area contributed by atoms with Crippen molar-refractivity contribution in [3.05, 3.63) is 54.1 Å². The molecule has 0 aliphatic carbocycles. The van der Waals surface area contributed by atoms with Crippen LogP contribution in [0.15, 0.2) is 43.0 Å². The molecule has 0 saturated carbocycles. The van der Waals surface area contributed by atoms with Crippen molar-refractivity contribution in [3.63, 3.8) is 0 Å². The number of hydrogen-bond donors (Lipinski definition) is 1. The zero-order valence-corrected chi connectivity index (χ0v) is 10.5. The third-order valence-electron chi connectivity index (χ3n) is 3.26. The Morgan fingerprint density at radius 1 is 1.21 bits per heavy atom. The van der Waals surface area contributed by atoms with Crippen molar-refractivity contribution in [2.45, 2.75) is 12.8 Å². The summed E-state index contributed by atoms with van der Waals surface area (Å²) in [5.41, 5.74) is 9.95. The minimum Gasteiger partial charge on any atom is -0.491 e. The highest BCUT2D eigenvalue weighted by molar-refractivity contribution is 5.73. The SMILES string of the molecule is N/C=C1\OCCCc2c1cccc2-c1cnccn1. The van der Waals surface area contributed by atoms with Gasteiger partial charge in [0.2, 0.25) is 0 Å². The third-order valence-corrected chi connectivity index (χ3v) is 3.26. The first-order valence-corrected chi connectivity index (χ1v) is 6.33. The lowest BCUT2D eigenvalue weighted by molar-refractivity contribution is 0.277. The predicted molar refractivity (Wildman–Crippen MR) is 73.9 cm³/mol. The van der Waals surface area contributed by atoms with Gasteiger partial charge in [-0.15, -0.1) is 0 Å². The molecule has 0 amide bonds. The van der Waals surface area contributed by atoms with E-state index in [1.807, 2.05) is 12.1 Å². The molecule has 0 bridgehead atoms. The molecular formula is C15H15N3O. The van der Waals surface area contributed by atoms with E-state index in [-0.39, 0.29) is 0 Å². The van der Waals surface area contributed by atoms with Crippen LogP contribution < -0.4 is 5.73 Å². The van der Waals surface area contributed by atoms with E-state index in [2.05, 4.69) is 16.0 Å². The molecule has 1 aliphatic heterocycles. The molecule has 0 saturated heterocycles. The van der Waals surface area contributed by atoms with Gasteiger partial charge in [-0.25, -0.2) is 0 Å². The summed E-state index contributed by atoms with van der Waals surface area (Å²) in [5.74, 6) is 0.748. The van der Waals surface area contributed by atoms with Crippen LogP contribution >= 0.6 is 0 Å². The van der Waals surface area contributed by atoms with E-state index in [4.69, 9.17) is 10.5 Å². The van der Waals surface area contributed by atoms with Crippen LogP contribution in [0.4, 0.5) is 0 Å². The topological polar surface area (TPSA) is 61.0 Å². The van der Waals surface area contributed by atoms with Crippen LogP contribution in [0.1, 0.15) is 17.5 Å². The van der Waals surface area contributed by atoms with E-state index in [1.165, 1.54) is 11.8 Å². The van der Waals surface area contributed by atoms with Crippen LogP contribution in [0.2, 0.25) is 0 Å². The molecule has 1 aliphatic rings. The van der Waals surface area contributed by atoms with E-state index >= 15 is 0 Å². The monoisotopic (exact) mass is 253 g/mol. The maximum atomic E-state index is 5.67. The molecule has 0 spiro atoms. The minimum atomic E-state index is 0.692. The van der Waals surface area contributed by atoms with Gasteiger partial charge >= 0.3 is 0 Å². The Hall–Kier alpha value is -2.36. The van der Waals surface area contributed by atoms with Gasteiger partial charge in [0.05, 0.1) is 18.5 Å². The Morgan fingerprint density at radius 2 is 2.11 bits per heavy atom. The quantitative estimate of drug-likeness (QED) is 0.847. The number of fused-ring (bicyclic) bond motifs is 1. The summed E-state index contributed by atoms with van der Waals surface area (Å²) in [6.45, 7) is 0.692. The van der Waals surface area contributed by atoms with E-state index in [9.17, 15) is 0 Å². The lowest BCUT2D eigenvalue weighted by Crippen LogP contribution is -1.98. The molecule has 0 radical (unpaired) electrons. The molecule has 2 heterocycles. The highest BCUT2D eigenvalue weighted by atomic mass is 16.5. The maximum absolute atomic E-state index is 5.67.